The van der Waals surface area contributed by atoms with Crippen molar-refractivity contribution in [2.45, 2.75) is 34.1 Å². The van der Waals surface area contributed by atoms with Crippen LogP contribution in [0.5, 0.6) is 0 Å². The van der Waals surface area contributed by atoms with Crippen molar-refractivity contribution in [1.29, 1.82) is 0 Å². The summed E-state index contributed by atoms with van der Waals surface area (Å²) in [6, 6.07) is 32.3. The third kappa shape index (κ3) is 5.66. The SMILES string of the molecule is CC(C)(C(=O)c1ccc(Sc2ccc(C(=O)c3ccccc3)cc2)cc1)S(=O)(=O)Cc1ccccc1. The van der Waals surface area contributed by atoms with E-state index in [1.807, 2.05) is 36.4 Å². The molecule has 0 spiro atoms. The summed E-state index contributed by atoms with van der Waals surface area (Å²) in [6.45, 7) is 2.93. The highest BCUT2D eigenvalue weighted by Crippen LogP contribution is 2.30. The first kappa shape index (κ1) is 25.6. The second-order valence-corrected chi connectivity index (χ2v) is 12.6. The van der Waals surface area contributed by atoms with Gasteiger partial charge < -0.3 is 0 Å². The summed E-state index contributed by atoms with van der Waals surface area (Å²) in [6.07, 6.45) is 0. The molecule has 6 heteroatoms. The van der Waals surface area contributed by atoms with Crippen LogP contribution in [0.15, 0.2) is 119 Å². The van der Waals surface area contributed by atoms with E-state index in [4.69, 9.17) is 0 Å². The smallest absolute Gasteiger partial charge is 0.193 e. The molecule has 4 aromatic rings. The lowest BCUT2D eigenvalue weighted by atomic mass is 10.0. The Bertz CT molecular complexity index is 1460. The average molecular weight is 515 g/mol. The first-order valence-electron chi connectivity index (χ1n) is 11.5. The standard InChI is InChI=1S/C30H26O4S2/c1-30(2,36(33,34)21-22-9-5-3-6-10-22)29(32)25-15-19-27(20-16-25)35-26-17-13-24(14-18-26)28(31)23-11-7-4-8-12-23/h3-20H,21H2,1-2H3. The van der Waals surface area contributed by atoms with Crippen LogP contribution in [-0.2, 0) is 15.6 Å². The Balaban J connectivity index is 1.44. The van der Waals surface area contributed by atoms with Crippen molar-refractivity contribution < 1.29 is 18.0 Å². The number of sulfone groups is 1. The minimum atomic E-state index is -3.73. The molecule has 36 heavy (non-hydrogen) atoms. The molecular weight excluding hydrogens is 488 g/mol. The predicted molar refractivity (Wildman–Crippen MR) is 144 cm³/mol. The molecule has 0 aliphatic rings. The maximum absolute atomic E-state index is 13.2. The fourth-order valence-electron chi connectivity index (χ4n) is 3.70. The molecule has 0 aliphatic carbocycles. The molecule has 0 unspecified atom stereocenters. The molecule has 0 atom stereocenters. The van der Waals surface area contributed by atoms with Crippen LogP contribution in [0.25, 0.3) is 0 Å². The molecule has 0 N–H and O–H groups in total. The van der Waals surface area contributed by atoms with Gasteiger partial charge in [-0.1, -0.05) is 84.6 Å². The van der Waals surface area contributed by atoms with Crippen LogP contribution in [-0.4, -0.2) is 24.7 Å². The van der Waals surface area contributed by atoms with Gasteiger partial charge in [-0.3, -0.25) is 9.59 Å². The van der Waals surface area contributed by atoms with Crippen LogP contribution in [0.3, 0.4) is 0 Å². The minimum absolute atomic E-state index is 0.0279. The number of ketones is 2. The van der Waals surface area contributed by atoms with Crippen LogP contribution in [0.4, 0.5) is 0 Å². The Morgan fingerprint density at radius 1 is 0.639 bits per heavy atom. The van der Waals surface area contributed by atoms with Crippen molar-refractivity contribution in [2.75, 3.05) is 0 Å². The van der Waals surface area contributed by atoms with E-state index in [9.17, 15) is 18.0 Å². The quantitative estimate of drug-likeness (QED) is 0.234. The zero-order chi connectivity index (χ0) is 25.8. The van der Waals surface area contributed by atoms with Gasteiger partial charge in [0.1, 0.15) is 4.75 Å². The van der Waals surface area contributed by atoms with Crippen molar-refractivity contribution in [3.63, 3.8) is 0 Å². The molecule has 0 saturated carbocycles. The molecule has 182 valence electrons. The van der Waals surface area contributed by atoms with Crippen molar-refractivity contribution in [2.24, 2.45) is 0 Å². The van der Waals surface area contributed by atoms with Gasteiger partial charge in [-0.15, -0.1) is 0 Å². The van der Waals surface area contributed by atoms with E-state index in [2.05, 4.69) is 0 Å². The van der Waals surface area contributed by atoms with Gasteiger partial charge in [0.2, 0.25) is 0 Å². The maximum atomic E-state index is 13.2. The number of rotatable bonds is 9. The summed E-state index contributed by atoms with van der Waals surface area (Å²) in [7, 11) is -3.73. The molecule has 0 amide bonds. The molecule has 4 aromatic carbocycles. The van der Waals surface area contributed by atoms with Crippen molar-refractivity contribution >= 4 is 33.2 Å². The molecule has 0 radical (unpaired) electrons. The lowest BCUT2D eigenvalue weighted by Gasteiger charge is -2.23. The fraction of sp³-hybridized carbons (Fsp3) is 0.133. The fourth-order valence-corrected chi connectivity index (χ4v) is 5.91. The summed E-state index contributed by atoms with van der Waals surface area (Å²) in [4.78, 5) is 27.6. The van der Waals surface area contributed by atoms with Crippen LogP contribution >= 0.6 is 11.8 Å². The number of Topliss-reactive ketones (excluding diaryl/α,β-unsaturated/α-hetero) is 1. The summed E-state index contributed by atoms with van der Waals surface area (Å²) >= 11 is 1.50. The van der Waals surface area contributed by atoms with Gasteiger partial charge >= 0.3 is 0 Å². The van der Waals surface area contributed by atoms with Crippen LogP contribution in [0.1, 0.15) is 45.7 Å². The van der Waals surface area contributed by atoms with E-state index in [-0.39, 0.29) is 11.5 Å². The van der Waals surface area contributed by atoms with Gasteiger partial charge in [0.25, 0.3) is 0 Å². The summed E-state index contributed by atoms with van der Waals surface area (Å²) in [5, 5.41) is 0. The van der Waals surface area contributed by atoms with Crippen molar-refractivity contribution in [3.05, 3.63) is 131 Å². The Hall–Kier alpha value is -3.48. The minimum Gasteiger partial charge on any atom is -0.292 e. The maximum Gasteiger partial charge on any atom is 0.193 e. The third-order valence-corrected chi connectivity index (χ3v) is 9.50. The van der Waals surface area contributed by atoms with E-state index < -0.39 is 20.4 Å². The zero-order valence-corrected chi connectivity index (χ0v) is 21.7. The highest BCUT2D eigenvalue weighted by Gasteiger charge is 2.41. The van der Waals surface area contributed by atoms with Gasteiger partial charge in [0, 0.05) is 26.5 Å². The van der Waals surface area contributed by atoms with E-state index in [0.717, 1.165) is 9.79 Å². The predicted octanol–water partition coefficient (Wildman–Crippen LogP) is 6.65. The number of carbonyl (C=O) groups excluding carboxylic acids is 2. The lowest BCUT2D eigenvalue weighted by molar-refractivity contribution is 0.0953. The molecule has 0 fully saturated rings. The highest BCUT2D eigenvalue weighted by atomic mass is 32.2. The Morgan fingerprint density at radius 3 is 1.61 bits per heavy atom. The van der Waals surface area contributed by atoms with Crippen molar-refractivity contribution in [3.8, 4) is 0 Å². The highest BCUT2D eigenvalue weighted by molar-refractivity contribution is 7.99. The number of hydrogen-bond acceptors (Lipinski definition) is 5. The Labute approximate surface area is 216 Å². The van der Waals surface area contributed by atoms with Crippen molar-refractivity contribution in [1.82, 2.24) is 0 Å². The number of hydrogen-bond donors (Lipinski definition) is 0. The number of benzene rings is 4. The third-order valence-electron chi connectivity index (χ3n) is 6.03. The molecule has 0 aliphatic heterocycles. The summed E-state index contributed by atoms with van der Waals surface area (Å²) in [5.74, 6) is -0.651. The first-order chi connectivity index (χ1) is 17.2. The Kier molecular flexibility index (Phi) is 7.57. The van der Waals surface area contributed by atoms with Gasteiger partial charge in [-0.2, -0.15) is 0 Å². The van der Waals surface area contributed by atoms with E-state index in [0.29, 0.717) is 22.3 Å². The van der Waals surface area contributed by atoms with E-state index in [1.54, 1.807) is 72.8 Å². The number of carbonyl (C=O) groups is 2. The molecule has 4 rings (SSSR count). The molecule has 0 bridgehead atoms. The topological polar surface area (TPSA) is 68.3 Å². The zero-order valence-electron chi connectivity index (χ0n) is 20.0. The summed E-state index contributed by atoms with van der Waals surface area (Å²) in [5.41, 5.74) is 2.27. The molecule has 0 saturated heterocycles. The van der Waals surface area contributed by atoms with Crippen LogP contribution in [0.2, 0.25) is 0 Å². The second-order valence-electron chi connectivity index (χ2n) is 8.93. The average Bonchev–Trinajstić information content (AvgIpc) is 2.89. The van der Waals surface area contributed by atoms with Gasteiger partial charge in [-0.25, -0.2) is 8.42 Å². The molecule has 0 aromatic heterocycles. The molecule has 4 nitrogen and oxygen atoms in total. The largest absolute Gasteiger partial charge is 0.292 e. The van der Waals surface area contributed by atoms with Crippen LogP contribution < -0.4 is 0 Å². The van der Waals surface area contributed by atoms with Crippen LogP contribution in [0, 0.1) is 0 Å². The van der Waals surface area contributed by atoms with E-state index in [1.165, 1.54) is 25.6 Å². The summed E-state index contributed by atoms with van der Waals surface area (Å²) < 4.78 is 24.6. The normalized spacial score (nSPS) is 11.7. The van der Waals surface area contributed by atoms with Gasteiger partial charge in [0.05, 0.1) is 5.75 Å². The Morgan fingerprint density at radius 2 is 1.08 bits per heavy atom. The first-order valence-corrected chi connectivity index (χ1v) is 13.9. The van der Waals surface area contributed by atoms with Gasteiger partial charge in [0.15, 0.2) is 21.4 Å². The van der Waals surface area contributed by atoms with Gasteiger partial charge in [-0.05, 0) is 55.8 Å². The second kappa shape index (κ2) is 10.6. The van der Waals surface area contributed by atoms with E-state index >= 15 is 0 Å². The lowest BCUT2D eigenvalue weighted by Crippen LogP contribution is -2.41. The molecular formula is C30H26O4S2. The molecule has 0 heterocycles. The monoisotopic (exact) mass is 514 g/mol.